The summed E-state index contributed by atoms with van der Waals surface area (Å²) in [4.78, 5) is 0.890. The molecule has 0 amide bonds. The second-order valence-corrected chi connectivity index (χ2v) is 7.38. The Hall–Kier alpha value is -1.45. The summed E-state index contributed by atoms with van der Waals surface area (Å²) in [6.45, 7) is 6.40. The summed E-state index contributed by atoms with van der Waals surface area (Å²) >= 11 is -1.00. The molecule has 2 aromatic carbocycles. The lowest BCUT2D eigenvalue weighted by molar-refractivity contribution is 0.416. The molecule has 2 aromatic rings. The first kappa shape index (κ1) is 15.9. The van der Waals surface area contributed by atoms with E-state index in [0.717, 1.165) is 27.3 Å². The van der Waals surface area contributed by atoms with E-state index in [0.29, 0.717) is 0 Å². The topological polar surface area (TPSA) is 32.3 Å². The maximum Gasteiger partial charge on any atom is 0.156 e. The summed E-state index contributed by atoms with van der Waals surface area (Å²) in [7, 11) is 1.66. The number of ether oxygens (including phenoxy) is 1. The van der Waals surface area contributed by atoms with Gasteiger partial charge in [0.1, 0.15) is 12.0 Å². The van der Waals surface area contributed by atoms with Crippen molar-refractivity contribution >= 4 is 11.2 Å². The van der Waals surface area contributed by atoms with Crippen LogP contribution in [-0.4, -0.2) is 17.9 Å². The van der Waals surface area contributed by atoms with Gasteiger partial charge in [0.25, 0.3) is 0 Å². The fourth-order valence-corrected chi connectivity index (χ4v) is 3.27. The van der Waals surface area contributed by atoms with E-state index in [1.165, 1.54) is 0 Å². The molecule has 0 saturated heterocycles. The van der Waals surface area contributed by atoms with Gasteiger partial charge in [0.05, 0.1) is 7.11 Å². The fourth-order valence-electron chi connectivity index (χ4n) is 2.34. The van der Waals surface area contributed by atoms with Crippen LogP contribution in [0.1, 0.15) is 26.3 Å². The van der Waals surface area contributed by atoms with Gasteiger partial charge in [0, 0.05) is 11.1 Å². The third-order valence-electron chi connectivity index (χ3n) is 3.42. The quantitative estimate of drug-likeness (QED) is 0.796. The molecule has 0 saturated carbocycles. The Morgan fingerprint density at radius 1 is 1.19 bits per heavy atom. The minimum absolute atomic E-state index is 0.0704. The van der Waals surface area contributed by atoms with E-state index in [4.69, 9.17) is 4.74 Å². The Labute approximate surface area is 130 Å². The normalized spacial score (nSPS) is 13.0. The van der Waals surface area contributed by atoms with Gasteiger partial charge < -0.3 is 9.29 Å². The summed E-state index contributed by atoms with van der Waals surface area (Å²) in [5.74, 6) is 0.794. The van der Waals surface area contributed by atoms with Gasteiger partial charge >= 0.3 is 0 Å². The van der Waals surface area contributed by atoms with Crippen LogP contribution in [0, 0.1) is 6.07 Å². The highest BCUT2D eigenvalue weighted by atomic mass is 32.2. The second kappa shape index (κ2) is 6.12. The molecule has 0 aromatic heterocycles. The van der Waals surface area contributed by atoms with Crippen molar-refractivity contribution in [3.8, 4) is 16.9 Å². The standard InChI is InChI=1S/C18H21O2S/c1-18(2,3)15-12-13(10-11-17(15)21(5)19)14-8-6-7-9-16(14)20-4/h6-7,9-12H,1-5H3. The van der Waals surface area contributed by atoms with E-state index >= 15 is 0 Å². The molecule has 0 heterocycles. The highest BCUT2D eigenvalue weighted by Crippen LogP contribution is 2.35. The van der Waals surface area contributed by atoms with Gasteiger partial charge in [-0.3, -0.25) is 0 Å². The second-order valence-electron chi connectivity index (χ2n) is 6.03. The van der Waals surface area contributed by atoms with Gasteiger partial charge in [-0.15, -0.1) is 0 Å². The SMILES string of the molecule is COc1ccc[c]c1-c1ccc([S+](C)[O-])c(C(C)(C)C)c1. The van der Waals surface area contributed by atoms with Crippen LogP contribution in [0.3, 0.4) is 0 Å². The van der Waals surface area contributed by atoms with Crippen LogP contribution < -0.4 is 4.74 Å². The minimum Gasteiger partial charge on any atom is -0.612 e. The summed E-state index contributed by atoms with van der Waals surface area (Å²) < 4.78 is 17.4. The van der Waals surface area contributed by atoms with Crippen molar-refractivity contribution in [3.63, 3.8) is 0 Å². The number of hydrogen-bond donors (Lipinski definition) is 0. The van der Waals surface area contributed by atoms with Crippen LogP contribution in [0.15, 0.2) is 41.3 Å². The summed E-state index contributed by atoms with van der Waals surface area (Å²) in [5, 5.41) is 0. The van der Waals surface area contributed by atoms with E-state index in [2.05, 4.69) is 32.9 Å². The summed E-state index contributed by atoms with van der Waals surface area (Å²) in [5.41, 5.74) is 2.99. The summed E-state index contributed by atoms with van der Waals surface area (Å²) in [6, 6.07) is 15.0. The first-order valence-corrected chi connectivity index (χ1v) is 8.43. The van der Waals surface area contributed by atoms with Crippen molar-refractivity contribution in [2.45, 2.75) is 31.1 Å². The van der Waals surface area contributed by atoms with Crippen molar-refractivity contribution in [2.24, 2.45) is 0 Å². The minimum atomic E-state index is -1.00. The molecule has 2 rings (SSSR count). The molecule has 0 aliphatic rings. The molecule has 1 atom stereocenters. The molecule has 2 nitrogen and oxygen atoms in total. The van der Waals surface area contributed by atoms with E-state index in [-0.39, 0.29) is 5.41 Å². The molecule has 0 bridgehead atoms. The smallest absolute Gasteiger partial charge is 0.156 e. The lowest BCUT2D eigenvalue weighted by atomic mass is 9.85. The van der Waals surface area contributed by atoms with Gasteiger partial charge in [-0.1, -0.05) is 32.9 Å². The molecular weight excluding hydrogens is 280 g/mol. The molecule has 1 radical (unpaired) electrons. The third-order valence-corrected chi connectivity index (χ3v) is 4.40. The molecule has 1 unspecified atom stereocenters. The third kappa shape index (κ3) is 3.42. The van der Waals surface area contributed by atoms with Crippen molar-refractivity contribution in [3.05, 3.63) is 48.0 Å². The Morgan fingerprint density at radius 2 is 1.90 bits per heavy atom. The maximum absolute atomic E-state index is 12.0. The molecule has 0 fully saturated rings. The lowest BCUT2D eigenvalue weighted by Gasteiger charge is -2.23. The molecule has 21 heavy (non-hydrogen) atoms. The molecule has 3 heteroatoms. The Morgan fingerprint density at radius 3 is 2.48 bits per heavy atom. The van der Waals surface area contributed by atoms with E-state index in [9.17, 15) is 4.55 Å². The van der Waals surface area contributed by atoms with Crippen LogP contribution in [0.25, 0.3) is 11.1 Å². The highest BCUT2D eigenvalue weighted by molar-refractivity contribution is 7.90. The highest BCUT2D eigenvalue weighted by Gasteiger charge is 2.24. The maximum atomic E-state index is 12.0. The van der Waals surface area contributed by atoms with Crippen LogP contribution >= 0.6 is 0 Å². The van der Waals surface area contributed by atoms with Gasteiger partial charge in [-0.05, 0) is 52.5 Å². The van der Waals surface area contributed by atoms with E-state index in [1.807, 2.05) is 30.3 Å². The Bertz CT molecular complexity index is 627. The first-order chi connectivity index (χ1) is 9.84. The summed E-state index contributed by atoms with van der Waals surface area (Å²) in [6.07, 6.45) is 1.72. The zero-order valence-electron chi connectivity index (χ0n) is 13.2. The molecular formula is C18H21O2S. The largest absolute Gasteiger partial charge is 0.612 e. The molecule has 0 aliphatic heterocycles. The average Bonchev–Trinajstić information content (AvgIpc) is 2.45. The van der Waals surface area contributed by atoms with Crippen molar-refractivity contribution in [1.29, 1.82) is 0 Å². The Kier molecular flexibility index (Phi) is 4.64. The van der Waals surface area contributed by atoms with Crippen LogP contribution in [-0.2, 0) is 16.6 Å². The van der Waals surface area contributed by atoms with Crippen LogP contribution in [0.5, 0.6) is 5.75 Å². The number of hydrogen-bond acceptors (Lipinski definition) is 2. The predicted octanol–water partition coefficient (Wildman–Crippen LogP) is 4.20. The molecule has 0 aliphatic carbocycles. The average molecular weight is 301 g/mol. The zero-order valence-corrected chi connectivity index (χ0v) is 14.0. The van der Waals surface area contributed by atoms with E-state index < -0.39 is 11.2 Å². The van der Waals surface area contributed by atoms with Gasteiger partial charge in [0.2, 0.25) is 0 Å². The van der Waals surface area contributed by atoms with E-state index in [1.54, 1.807) is 13.4 Å². The number of methoxy groups -OCH3 is 1. The van der Waals surface area contributed by atoms with Gasteiger partial charge in [-0.25, -0.2) is 0 Å². The van der Waals surface area contributed by atoms with Crippen LogP contribution in [0.4, 0.5) is 0 Å². The molecule has 0 spiro atoms. The monoisotopic (exact) mass is 301 g/mol. The molecule has 0 N–H and O–H groups in total. The zero-order chi connectivity index (χ0) is 15.6. The van der Waals surface area contributed by atoms with Crippen molar-refractivity contribution in [2.75, 3.05) is 13.4 Å². The Balaban J connectivity index is 2.62. The van der Waals surface area contributed by atoms with Gasteiger partial charge in [0.15, 0.2) is 4.90 Å². The van der Waals surface area contributed by atoms with Crippen LogP contribution in [0.2, 0.25) is 0 Å². The number of benzene rings is 2. The van der Waals surface area contributed by atoms with Crippen molar-refractivity contribution < 1.29 is 9.29 Å². The number of rotatable bonds is 3. The van der Waals surface area contributed by atoms with Gasteiger partial charge in [-0.2, -0.15) is 0 Å². The fraction of sp³-hybridized carbons (Fsp3) is 0.333. The predicted molar refractivity (Wildman–Crippen MR) is 88.3 cm³/mol. The first-order valence-electron chi connectivity index (χ1n) is 6.87. The van der Waals surface area contributed by atoms with Crippen molar-refractivity contribution in [1.82, 2.24) is 0 Å². The molecule has 111 valence electrons. The lowest BCUT2D eigenvalue weighted by Crippen LogP contribution is -2.16.